The van der Waals surface area contributed by atoms with Crippen LogP contribution >= 0.6 is 0 Å². The highest BCUT2D eigenvalue weighted by molar-refractivity contribution is 5.52. The van der Waals surface area contributed by atoms with Crippen LogP contribution in [0.2, 0.25) is 0 Å². The molecule has 2 N–H and O–H groups in total. The molecule has 0 unspecified atom stereocenters. The lowest BCUT2D eigenvalue weighted by molar-refractivity contribution is 0.0851. The van der Waals surface area contributed by atoms with E-state index in [0.717, 1.165) is 6.54 Å². The second-order valence-electron chi connectivity index (χ2n) is 5.58. The topological polar surface area (TPSA) is 62.3 Å². The van der Waals surface area contributed by atoms with Crippen LogP contribution in [0.25, 0.3) is 0 Å². The molecule has 0 saturated carbocycles. The Morgan fingerprint density at radius 2 is 2.05 bits per heavy atom. The molecule has 4 nitrogen and oxygen atoms in total. The average Bonchev–Trinajstić information content (AvgIpc) is 2.42. The molecule has 0 bridgehead atoms. The smallest absolute Gasteiger partial charge is 0.139 e. The molecule has 1 fully saturated rings. The van der Waals surface area contributed by atoms with Crippen LogP contribution in [-0.4, -0.2) is 30.1 Å². The highest BCUT2D eigenvalue weighted by Gasteiger charge is 2.24. The van der Waals surface area contributed by atoms with Gasteiger partial charge in [0.15, 0.2) is 0 Å². The van der Waals surface area contributed by atoms with Crippen LogP contribution in [0.1, 0.15) is 38.7 Å². The van der Waals surface area contributed by atoms with E-state index in [0.29, 0.717) is 35.7 Å². The molecule has 1 aromatic carbocycles. The standard InChI is InChI=1S/C16H23N3O/c1-12-4-3-5-13(2)19(12)8-9-20-16-10-15(18)7-6-14(16)11-17/h6-7,10,12-13H,3-5,8-9,18H2,1-2H3/t12-,13-/m0/s1. The Bertz CT molecular complexity index is 485. The summed E-state index contributed by atoms with van der Waals surface area (Å²) in [6, 6.07) is 8.51. The van der Waals surface area contributed by atoms with Gasteiger partial charge in [0.25, 0.3) is 0 Å². The second kappa shape index (κ2) is 6.62. The summed E-state index contributed by atoms with van der Waals surface area (Å²) in [5.41, 5.74) is 6.91. The van der Waals surface area contributed by atoms with Crippen LogP contribution in [0.3, 0.4) is 0 Å². The zero-order valence-corrected chi connectivity index (χ0v) is 12.3. The number of nitrogen functional groups attached to an aromatic ring is 1. The number of hydrogen-bond donors (Lipinski definition) is 1. The number of piperidine rings is 1. The molecule has 1 aromatic rings. The molecule has 4 heteroatoms. The lowest BCUT2D eigenvalue weighted by Gasteiger charge is -2.38. The third-order valence-corrected chi connectivity index (χ3v) is 4.11. The van der Waals surface area contributed by atoms with E-state index in [1.807, 2.05) is 0 Å². The maximum Gasteiger partial charge on any atom is 0.139 e. The number of hydrogen-bond acceptors (Lipinski definition) is 4. The minimum atomic E-state index is 0.541. The Balaban J connectivity index is 1.93. The highest BCUT2D eigenvalue weighted by Crippen LogP contribution is 2.23. The summed E-state index contributed by atoms with van der Waals surface area (Å²) < 4.78 is 5.76. The van der Waals surface area contributed by atoms with Crippen molar-refractivity contribution in [2.24, 2.45) is 0 Å². The summed E-state index contributed by atoms with van der Waals surface area (Å²) in [5.74, 6) is 0.588. The Kier molecular flexibility index (Phi) is 4.86. The molecule has 0 amide bonds. The number of nitriles is 1. The van der Waals surface area contributed by atoms with E-state index in [9.17, 15) is 0 Å². The fourth-order valence-corrected chi connectivity index (χ4v) is 2.93. The summed E-state index contributed by atoms with van der Waals surface area (Å²) in [7, 11) is 0. The number of nitrogens with zero attached hydrogens (tertiary/aromatic N) is 2. The van der Waals surface area contributed by atoms with Crippen molar-refractivity contribution < 1.29 is 4.74 Å². The molecule has 1 aliphatic heterocycles. The number of nitrogens with two attached hydrogens (primary N) is 1. The van der Waals surface area contributed by atoms with Crippen LogP contribution in [0.4, 0.5) is 5.69 Å². The van der Waals surface area contributed by atoms with Gasteiger partial charge in [0, 0.05) is 30.4 Å². The van der Waals surface area contributed by atoms with Gasteiger partial charge in [-0.3, -0.25) is 4.90 Å². The van der Waals surface area contributed by atoms with E-state index < -0.39 is 0 Å². The van der Waals surface area contributed by atoms with Crippen molar-refractivity contribution in [3.05, 3.63) is 23.8 Å². The molecule has 0 spiro atoms. The highest BCUT2D eigenvalue weighted by atomic mass is 16.5. The normalized spacial score (nSPS) is 23.2. The van der Waals surface area contributed by atoms with Crippen LogP contribution in [0.5, 0.6) is 5.75 Å². The van der Waals surface area contributed by atoms with Gasteiger partial charge >= 0.3 is 0 Å². The van der Waals surface area contributed by atoms with Gasteiger partial charge in [0.2, 0.25) is 0 Å². The first-order valence-electron chi connectivity index (χ1n) is 7.30. The largest absolute Gasteiger partial charge is 0.491 e. The van der Waals surface area contributed by atoms with Gasteiger partial charge in [-0.2, -0.15) is 5.26 Å². The molecule has 2 atom stereocenters. The summed E-state index contributed by atoms with van der Waals surface area (Å²) in [6.45, 7) is 6.03. The maximum absolute atomic E-state index is 9.06. The second-order valence-corrected chi connectivity index (χ2v) is 5.58. The molecule has 0 aliphatic carbocycles. The van der Waals surface area contributed by atoms with Gasteiger partial charge in [-0.1, -0.05) is 6.42 Å². The number of benzene rings is 1. The first-order valence-corrected chi connectivity index (χ1v) is 7.30. The minimum Gasteiger partial charge on any atom is -0.491 e. The monoisotopic (exact) mass is 273 g/mol. The molecule has 108 valence electrons. The van der Waals surface area contributed by atoms with Crippen LogP contribution in [0, 0.1) is 11.3 Å². The molecule has 0 radical (unpaired) electrons. The first kappa shape index (κ1) is 14.7. The van der Waals surface area contributed by atoms with Crippen LogP contribution in [0.15, 0.2) is 18.2 Å². The van der Waals surface area contributed by atoms with E-state index in [4.69, 9.17) is 15.7 Å². The molecule has 1 heterocycles. The van der Waals surface area contributed by atoms with Gasteiger partial charge in [-0.25, -0.2) is 0 Å². The van der Waals surface area contributed by atoms with Gasteiger partial charge in [-0.05, 0) is 38.8 Å². The van der Waals surface area contributed by atoms with E-state index in [-0.39, 0.29) is 0 Å². The summed E-state index contributed by atoms with van der Waals surface area (Å²) >= 11 is 0. The van der Waals surface area contributed by atoms with Crippen LogP contribution in [-0.2, 0) is 0 Å². The van der Waals surface area contributed by atoms with E-state index in [1.54, 1.807) is 18.2 Å². The quantitative estimate of drug-likeness (QED) is 0.857. The van der Waals surface area contributed by atoms with E-state index in [1.165, 1.54) is 19.3 Å². The third kappa shape index (κ3) is 3.43. The lowest BCUT2D eigenvalue weighted by Crippen LogP contribution is -2.45. The van der Waals surface area contributed by atoms with Crippen molar-refractivity contribution in [2.75, 3.05) is 18.9 Å². The fraction of sp³-hybridized carbons (Fsp3) is 0.562. The van der Waals surface area contributed by atoms with Crippen molar-refractivity contribution >= 4 is 5.69 Å². The lowest BCUT2D eigenvalue weighted by atomic mass is 9.98. The third-order valence-electron chi connectivity index (χ3n) is 4.11. The maximum atomic E-state index is 9.06. The number of rotatable bonds is 4. The number of likely N-dealkylation sites (tertiary alicyclic amines) is 1. The average molecular weight is 273 g/mol. The first-order chi connectivity index (χ1) is 9.61. The van der Waals surface area contributed by atoms with Crippen LogP contribution < -0.4 is 10.5 Å². The van der Waals surface area contributed by atoms with Gasteiger partial charge in [0.05, 0.1) is 5.56 Å². The summed E-state index contributed by atoms with van der Waals surface area (Å²) in [5, 5.41) is 9.06. The van der Waals surface area contributed by atoms with Crippen molar-refractivity contribution in [2.45, 2.75) is 45.2 Å². The van der Waals surface area contributed by atoms with Gasteiger partial charge < -0.3 is 10.5 Å². The van der Waals surface area contributed by atoms with Crippen molar-refractivity contribution in [3.8, 4) is 11.8 Å². The Morgan fingerprint density at radius 1 is 1.35 bits per heavy atom. The molecule has 2 rings (SSSR count). The van der Waals surface area contributed by atoms with Gasteiger partial charge in [0.1, 0.15) is 18.4 Å². The van der Waals surface area contributed by atoms with Crippen molar-refractivity contribution in [3.63, 3.8) is 0 Å². The molecular weight excluding hydrogens is 250 g/mol. The Labute approximate surface area is 121 Å². The molecule has 1 aliphatic rings. The molecule has 0 aromatic heterocycles. The van der Waals surface area contributed by atoms with Crippen molar-refractivity contribution in [1.82, 2.24) is 4.90 Å². The minimum absolute atomic E-state index is 0.541. The van der Waals surface area contributed by atoms with E-state index in [2.05, 4.69) is 24.8 Å². The van der Waals surface area contributed by atoms with Gasteiger partial charge in [-0.15, -0.1) is 0 Å². The Morgan fingerprint density at radius 3 is 2.70 bits per heavy atom. The summed E-state index contributed by atoms with van der Waals surface area (Å²) in [6.07, 6.45) is 3.83. The number of ether oxygens (including phenoxy) is 1. The Hall–Kier alpha value is -1.73. The predicted molar refractivity (Wildman–Crippen MR) is 80.5 cm³/mol. The van der Waals surface area contributed by atoms with Crippen molar-refractivity contribution in [1.29, 1.82) is 5.26 Å². The molecule has 20 heavy (non-hydrogen) atoms. The molecule has 1 saturated heterocycles. The summed E-state index contributed by atoms with van der Waals surface area (Å²) in [4.78, 5) is 2.49. The SMILES string of the molecule is C[C@H]1CCC[C@H](C)N1CCOc1cc(N)ccc1C#N. The van der Waals surface area contributed by atoms with E-state index >= 15 is 0 Å². The predicted octanol–water partition coefficient (Wildman–Crippen LogP) is 2.78. The zero-order chi connectivity index (χ0) is 14.5. The fourth-order valence-electron chi connectivity index (χ4n) is 2.93. The zero-order valence-electron chi connectivity index (χ0n) is 12.3. The molecular formula is C16H23N3O. The number of anilines is 1.